The number of nitrogens with one attached hydrogen (secondary N) is 3. The molecule has 0 bridgehead atoms. The van der Waals surface area contributed by atoms with E-state index < -0.39 is 29.8 Å². The fourth-order valence-electron chi connectivity index (χ4n) is 2.16. The monoisotopic (exact) mass is 377 g/mol. The lowest BCUT2D eigenvalue weighted by Gasteiger charge is -2.19. The molecule has 8 heteroatoms. The van der Waals surface area contributed by atoms with Gasteiger partial charge in [0.25, 0.3) is 0 Å². The summed E-state index contributed by atoms with van der Waals surface area (Å²) in [4.78, 5) is 35.5. The second-order valence-corrected chi connectivity index (χ2v) is 5.92. The molecule has 0 heterocycles. The Morgan fingerprint density at radius 2 is 1.93 bits per heavy atom. The normalized spacial score (nSPS) is 12.7. The highest BCUT2D eigenvalue weighted by Gasteiger charge is 2.25. The molecule has 2 atom stereocenters. The first kappa shape index (κ1) is 22.5. The quantitative estimate of drug-likeness (QED) is 0.266. The number of methoxy groups -OCH3 is 1. The number of esters is 1. The van der Waals surface area contributed by atoms with Crippen molar-refractivity contribution in [3.8, 4) is 0 Å². The summed E-state index contributed by atoms with van der Waals surface area (Å²) in [5, 5.41) is 12.6. The molecule has 0 aliphatic rings. The minimum absolute atomic E-state index is 0.0306. The lowest BCUT2D eigenvalue weighted by molar-refractivity contribution is -0.149. The molecule has 1 rings (SSSR count). The number of hydrogen-bond acceptors (Lipinski definition) is 7. The van der Waals surface area contributed by atoms with Gasteiger partial charge < -0.3 is 25.5 Å². The molecule has 0 radical (unpaired) electrons. The van der Waals surface area contributed by atoms with Crippen LogP contribution in [-0.4, -0.2) is 56.3 Å². The molecule has 148 valence electrons. The zero-order chi connectivity index (χ0) is 20.1. The number of amides is 1. The van der Waals surface area contributed by atoms with Gasteiger partial charge in [-0.2, -0.15) is 0 Å². The number of carbonyl (C=O) groups excluding carboxylic acids is 3. The molecule has 1 aromatic carbocycles. The number of hydrogen-bond donors (Lipinski definition) is 3. The molecule has 0 spiro atoms. The second-order valence-electron chi connectivity index (χ2n) is 5.92. The van der Waals surface area contributed by atoms with Crippen LogP contribution in [0.15, 0.2) is 30.3 Å². The van der Waals surface area contributed by atoms with E-state index in [9.17, 15) is 14.4 Å². The van der Waals surface area contributed by atoms with Crippen LogP contribution in [0, 0.1) is 5.41 Å². The van der Waals surface area contributed by atoms with Crippen LogP contribution in [0.25, 0.3) is 0 Å². The first-order valence-electron chi connectivity index (χ1n) is 8.75. The van der Waals surface area contributed by atoms with Gasteiger partial charge in [-0.05, 0) is 18.9 Å². The van der Waals surface area contributed by atoms with Crippen molar-refractivity contribution in [1.82, 2.24) is 10.6 Å². The Bertz CT molecular complexity index is 621. The summed E-state index contributed by atoms with van der Waals surface area (Å²) < 4.78 is 10.1. The molecule has 0 fully saturated rings. The average molecular weight is 377 g/mol. The minimum Gasteiger partial charge on any atom is -0.463 e. The van der Waals surface area contributed by atoms with Crippen molar-refractivity contribution < 1.29 is 23.9 Å². The third-order valence-corrected chi connectivity index (χ3v) is 3.86. The third-order valence-electron chi connectivity index (χ3n) is 3.86. The Hall–Kier alpha value is -2.58. The van der Waals surface area contributed by atoms with E-state index in [0.717, 1.165) is 5.56 Å². The van der Waals surface area contributed by atoms with Crippen LogP contribution in [0.1, 0.15) is 25.3 Å². The van der Waals surface area contributed by atoms with Gasteiger partial charge in [-0.1, -0.05) is 30.3 Å². The Morgan fingerprint density at radius 1 is 1.22 bits per heavy atom. The number of rotatable bonds is 13. The molecular formula is C19H27N3O5. The van der Waals surface area contributed by atoms with Crippen molar-refractivity contribution in [3.63, 3.8) is 0 Å². The number of Topliss-reactive ketones (excluding diaryl/α,β-unsaturated/α-hetero) is 1. The molecule has 0 aromatic heterocycles. The van der Waals surface area contributed by atoms with Gasteiger partial charge in [0.15, 0.2) is 5.78 Å². The maximum atomic E-state index is 12.2. The smallest absolute Gasteiger partial charge is 0.328 e. The predicted octanol–water partition coefficient (Wildman–Crippen LogP) is 0.838. The van der Waals surface area contributed by atoms with Gasteiger partial charge in [0.2, 0.25) is 5.91 Å². The maximum absolute atomic E-state index is 12.2. The molecule has 0 saturated carbocycles. The fraction of sp³-hybridized carbons (Fsp3) is 0.474. The van der Waals surface area contributed by atoms with E-state index in [4.69, 9.17) is 14.9 Å². The summed E-state index contributed by atoms with van der Waals surface area (Å²) >= 11 is 0. The fourth-order valence-corrected chi connectivity index (χ4v) is 2.16. The van der Waals surface area contributed by atoms with Crippen molar-refractivity contribution in [1.29, 1.82) is 5.41 Å². The number of ketones is 1. The molecule has 0 unspecified atom stereocenters. The van der Waals surface area contributed by atoms with E-state index >= 15 is 0 Å². The third kappa shape index (κ3) is 9.07. The molecule has 0 aliphatic carbocycles. The van der Waals surface area contributed by atoms with Crippen LogP contribution < -0.4 is 10.6 Å². The minimum atomic E-state index is -0.965. The van der Waals surface area contributed by atoms with E-state index in [1.807, 2.05) is 30.3 Å². The molecule has 27 heavy (non-hydrogen) atoms. The maximum Gasteiger partial charge on any atom is 0.328 e. The topological polar surface area (TPSA) is 118 Å². The molecule has 0 aliphatic heterocycles. The number of ether oxygens (including phenoxy) is 2. The van der Waals surface area contributed by atoms with Crippen molar-refractivity contribution >= 4 is 23.9 Å². The van der Waals surface area contributed by atoms with Crippen LogP contribution in [0.3, 0.4) is 0 Å². The zero-order valence-corrected chi connectivity index (χ0v) is 15.7. The first-order chi connectivity index (χ1) is 13.0. The summed E-state index contributed by atoms with van der Waals surface area (Å²) in [7, 11) is 1.38. The molecule has 1 amide bonds. The first-order valence-corrected chi connectivity index (χ1v) is 8.75. The predicted molar refractivity (Wildman–Crippen MR) is 101 cm³/mol. The Balaban J connectivity index is 2.44. The van der Waals surface area contributed by atoms with Crippen LogP contribution in [0.5, 0.6) is 0 Å². The number of benzene rings is 1. The van der Waals surface area contributed by atoms with E-state index in [0.29, 0.717) is 19.3 Å². The summed E-state index contributed by atoms with van der Waals surface area (Å²) in [6.07, 6.45) is -0.00874. The summed E-state index contributed by atoms with van der Waals surface area (Å²) in [5.41, 5.74) is 1.12. The standard InChI is InChI=1S/C19H27N3O5/c1-14(26-2)18(24)22-17(9-8-16(23)12-20)19(25)27-11-10-21-13-15-6-4-3-5-7-15/h3-7,12,14,17,20-21H,8-11,13H2,1-2H3,(H,22,24)/t14-,17-/m0/s1. The van der Waals surface area contributed by atoms with E-state index in [1.165, 1.54) is 7.11 Å². The van der Waals surface area contributed by atoms with Gasteiger partial charge in [0, 0.05) is 26.6 Å². The lowest BCUT2D eigenvalue weighted by atomic mass is 10.1. The van der Waals surface area contributed by atoms with Crippen LogP contribution >= 0.6 is 0 Å². The van der Waals surface area contributed by atoms with Gasteiger partial charge >= 0.3 is 5.97 Å². The van der Waals surface area contributed by atoms with Crippen LogP contribution in [-0.2, 0) is 30.4 Å². The molecule has 0 saturated heterocycles. The van der Waals surface area contributed by atoms with Crippen LogP contribution in [0.4, 0.5) is 0 Å². The highest BCUT2D eigenvalue weighted by molar-refractivity contribution is 6.26. The van der Waals surface area contributed by atoms with Gasteiger partial charge in [-0.3, -0.25) is 9.59 Å². The van der Waals surface area contributed by atoms with Gasteiger partial charge in [-0.15, -0.1) is 0 Å². The Labute approximate surface area is 159 Å². The van der Waals surface area contributed by atoms with Crippen LogP contribution in [0.2, 0.25) is 0 Å². The van der Waals surface area contributed by atoms with E-state index in [2.05, 4.69) is 10.6 Å². The van der Waals surface area contributed by atoms with Gasteiger partial charge in [0.05, 0.1) is 6.21 Å². The van der Waals surface area contributed by atoms with Gasteiger partial charge in [-0.25, -0.2) is 4.79 Å². The highest BCUT2D eigenvalue weighted by atomic mass is 16.5. The van der Waals surface area contributed by atoms with Crippen molar-refractivity contribution in [2.45, 2.75) is 38.5 Å². The Kier molecular flexibility index (Phi) is 10.6. The summed E-state index contributed by atoms with van der Waals surface area (Å²) in [6.45, 7) is 2.79. The average Bonchev–Trinajstić information content (AvgIpc) is 2.70. The largest absolute Gasteiger partial charge is 0.463 e. The van der Waals surface area contributed by atoms with E-state index in [1.54, 1.807) is 6.92 Å². The van der Waals surface area contributed by atoms with E-state index in [-0.39, 0.29) is 19.4 Å². The lowest BCUT2D eigenvalue weighted by Crippen LogP contribution is -2.46. The van der Waals surface area contributed by atoms with Gasteiger partial charge in [0.1, 0.15) is 18.8 Å². The SMILES string of the molecule is CO[C@@H](C)C(=O)N[C@@H](CCC(=O)C=N)C(=O)OCCNCc1ccccc1. The zero-order valence-electron chi connectivity index (χ0n) is 15.7. The number of carbonyl (C=O) groups is 3. The molecular weight excluding hydrogens is 350 g/mol. The van der Waals surface area contributed by atoms with Crippen molar-refractivity contribution in [2.24, 2.45) is 0 Å². The molecule has 3 N–H and O–H groups in total. The second kappa shape index (κ2) is 12.7. The van der Waals surface area contributed by atoms with Crippen molar-refractivity contribution in [2.75, 3.05) is 20.3 Å². The molecule has 1 aromatic rings. The summed E-state index contributed by atoms with van der Waals surface area (Å²) in [6, 6.07) is 8.84. The van der Waals surface area contributed by atoms with Crippen molar-refractivity contribution in [3.05, 3.63) is 35.9 Å². The highest BCUT2D eigenvalue weighted by Crippen LogP contribution is 2.03. The Morgan fingerprint density at radius 3 is 2.56 bits per heavy atom. The molecule has 8 nitrogen and oxygen atoms in total. The summed E-state index contributed by atoms with van der Waals surface area (Å²) in [5.74, 6) is -1.51.